The zero-order valence-electron chi connectivity index (χ0n) is 13.0. The summed E-state index contributed by atoms with van der Waals surface area (Å²) in [6.45, 7) is 5.97. The average molecular weight is 351 g/mol. The Kier molecular flexibility index (Phi) is 6.34. The van der Waals surface area contributed by atoms with Crippen LogP contribution in [0.15, 0.2) is 0 Å². The Morgan fingerprint density at radius 1 is 1.32 bits per heavy atom. The third-order valence-corrected chi connectivity index (χ3v) is 4.13. The molecule has 3 atom stereocenters. The standard InChI is InChI=1S/C13H22N6O.2ClH/c1-7-8(2)20-10-11(16-7)17-13(14)18-12(10)19-5-4-9(6-19)15-3;;/h7-9,15H,4-6H2,1-3H3,(H3,14,16,17,18);2*1H/t7-,8+,9-;;/m1../s1. The number of halogens is 2. The van der Waals surface area contributed by atoms with Gasteiger partial charge in [0, 0.05) is 19.1 Å². The number of fused-ring (bicyclic) bond motifs is 1. The molecule has 0 saturated carbocycles. The molecule has 9 heteroatoms. The van der Waals surface area contributed by atoms with Crippen LogP contribution in [-0.2, 0) is 0 Å². The Morgan fingerprint density at radius 2 is 2.05 bits per heavy atom. The van der Waals surface area contributed by atoms with Gasteiger partial charge < -0.3 is 26.0 Å². The topological polar surface area (TPSA) is 88.3 Å². The number of hydrogen-bond donors (Lipinski definition) is 3. The lowest BCUT2D eigenvalue weighted by molar-refractivity contribution is 0.192. The number of nitrogens with one attached hydrogen (secondary N) is 2. The quantitative estimate of drug-likeness (QED) is 0.740. The molecular formula is C13H24Cl2N6O. The first kappa shape index (κ1) is 18.9. The summed E-state index contributed by atoms with van der Waals surface area (Å²) in [5, 5.41) is 6.64. The molecule has 0 bridgehead atoms. The molecule has 1 saturated heterocycles. The number of nitrogens with zero attached hydrogens (tertiary/aromatic N) is 3. The van der Waals surface area contributed by atoms with E-state index in [4.69, 9.17) is 10.5 Å². The molecular weight excluding hydrogens is 327 g/mol. The molecule has 0 unspecified atom stereocenters. The van der Waals surface area contributed by atoms with Crippen molar-refractivity contribution in [3.8, 4) is 5.75 Å². The summed E-state index contributed by atoms with van der Waals surface area (Å²) >= 11 is 0. The summed E-state index contributed by atoms with van der Waals surface area (Å²) in [4.78, 5) is 10.9. The van der Waals surface area contributed by atoms with Crippen LogP contribution in [0.4, 0.5) is 17.6 Å². The number of nitrogens with two attached hydrogens (primary N) is 1. The van der Waals surface area contributed by atoms with Gasteiger partial charge in [0.15, 0.2) is 11.6 Å². The molecule has 7 nitrogen and oxygen atoms in total. The second-order valence-corrected chi connectivity index (χ2v) is 5.56. The third-order valence-electron chi connectivity index (χ3n) is 4.13. The van der Waals surface area contributed by atoms with E-state index in [1.165, 1.54) is 0 Å². The van der Waals surface area contributed by atoms with Crippen molar-refractivity contribution in [3.63, 3.8) is 0 Å². The fourth-order valence-corrected chi connectivity index (χ4v) is 2.69. The van der Waals surface area contributed by atoms with Crippen molar-refractivity contribution in [1.82, 2.24) is 15.3 Å². The van der Waals surface area contributed by atoms with E-state index in [1.807, 2.05) is 14.0 Å². The smallest absolute Gasteiger partial charge is 0.224 e. The van der Waals surface area contributed by atoms with Crippen molar-refractivity contribution in [2.24, 2.45) is 0 Å². The molecule has 0 radical (unpaired) electrons. The second-order valence-electron chi connectivity index (χ2n) is 5.56. The van der Waals surface area contributed by atoms with Gasteiger partial charge in [0.1, 0.15) is 6.10 Å². The van der Waals surface area contributed by atoms with Crippen LogP contribution in [0.5, 0.6) is 5.75 Å². The average Bonchev–Trinajstić information content (AvgIpc) is 2.88. The fraction of sp³-hybridized carbons (Fsp3) is 0.692. The Hall–Kier alpha value is -1.18. The Balaban J connectivity index is 0.00000121. The van der Waals surface area contributed by atoms with Gasteiger partial charge in [-0.1, -0.05) is 0 Å². The Bertz CT molecular complexity index is 518. The molecule has 1 aromatic heterocycles. The molecule has 3 heterocycles. The van der Waals surface area contributed by atoms with Gasteiger partial charge in [-0.15, -0.1) is 24.8 Å². The van der Waals surface area contributed by atoms with Crippen molar-refractivity contribution >= 4 is 42.4 Å². The van der Waals surface area contributed by atoms with E-state index in [2.05, 4.69) is 32.4 Å². The Morgan fingerprint density at radius 3 is 2.68 bits per heavy atom. The molecule has 0 amide bonds. The predicted octanol–water partition coefficient (Wildman–Crippen LogP) is 1.28. The van der Waals surface area contributed by atoms with Crippen LogP contribution < -0.4 is 26.0 Å². The molecule has 126 valence electrons. The van der Waals surface area contributed by atoms with Crippen LogP contribution in [0.1, 0.15) is 20.3 Å². The van der Waals surface area contributed by atoms with Gasteiger partial charge in [0.2, 0.25) is 11.7 Å². The van der Waals surface area contributed by atoms with Gasteiger partial charge in [0.05, 0.1) is 6.04 Å². The maximum atomic E-state index is 6.01. The highest BCUT2D eigenvalue weighted by molar-refractivity contribution is 5.85. The highest BCUT2D eigenvalue weighted by Crippen LogP contribution is 2.39. The van der Waals surface area contributed by atoms with Gasteiger partial charge >= 0.3 is 0 Å². The molecule has 4 N–H and O–H groups in total. The summed E-state index contributed by atoms with van der Waals surface area (Å²) in [6, 6.07) is 0.683. The van der Waals surface area contributed by atoms with Crippen LogP contribution in [-0.4, -0.2) is 48.3 Å². The number of anilines is 3. The number of hydrogen-bond acceptors (Lipinski definition) is 7. The first-order valence-corrected chi connectivity index (χ1v) is 7.11. The van der Waals surface area contributed by atoms with Crippen molar-refractivity contribution in [1.29, 1.82) is 0 Å². The summed E-state index contributed by atoms with van der Waals surface area (Å²) in [5.41, 5.74) is 5.84. The molecule has 22 heavy (non-hydrogen) atoms. The number of aromatic nitrogens is 2. The maximum Gasteiger partial charge on any atom is 0.224 e. The molecule has 0 spiro atoms. The molecule has 2 aliphatic heterocycles. The number of ether oxygens (including phenoxy) is 1. The van der Waals surface area contributed by atoms with Gasteiger partial charge in [-0.2, -0.15) is 9.97 Å². The molecule has 0 aliphatic carbocycles. The SMILES string of the molecule is CN[C@@H]1CCN(c2nc(N)nc3c2O[C@@H](C)[C@@H](C)N3)C1.Cl.Cl. The van der Waals surface area contributed by atoms with Gasteiger partial charge in [-0.25, -0.2) is 0 Å². The van der Waals surface area contributed by atoms with Crippen molar-refractivity contribution in [3.05, 3.63) is 0 Å². The van der Waals surface area contributed by atoms with Crippen LogP contribution in [0.2, 0.25) is 0 Å². The molecule has 2 aliphatic rings. The van der Waals surface area contributed by atoms with E-state index in [0.29, 0.717) is 11.9 Å². The molecule has 3 rings (SSSR count). The first-order chi connectivity index (χ1) is 9.58. The summed E-state index contributed by atoms with van der Waals surface area (Å²) in [5.74, 6) is 2.51. The van der Waals surface area contributed by atoms with Crippen molar-refractivity contribution in [2.75, 3.05) is 36.1 Å². The van der Waals surface area contributed by atoms with Crippen LogP contribution in [0.3, 0.4) is 0 Å². The van der Waals surface area contributed by atoms with Gasteiger partial charge in [0.25, 0.3) is 0 Å². The first-order valence-electron chi connectivity index (χ1n) is 7.11. The second kappa shape index (κ2) is 7.39. The minimum absolute atomic E-state index is 0. The lowest BCUT2D eigenvalue weighted by atomic mass is 10.2. The lowest BCUT2D eigenvalue weighted by Gasteiger charge is -2.32. The van der Waals surface area contributed by atoms with E-state index < -0.39 is 0 Å². The lowest BCUT2D eigenvalue weighted by Crippen LogP contribution is -2.39. The third kappa shape index (κ3) is 3.42. The van der Waals surface area contributed by atoms with Crippen LogP contribution in [0.25, 0.3) is 0 Å². The van der Waals surface area contributed by atoms with Gasteiger partial charge in [-0.05, 0) is 27.3 Å². The largest absolute Gasteiger partial charge is 0.481 e. The minimum Gasteiger partial charge on any atom is -0.481 e. The number of nitrogen functional groups attached to an aromatic ring is 1. The van der Waals surface area contributed by atoms with Crippen molar-refractivity contribution in [2.45, 2.75) is 38.5 Å². The molecule has 1 aromatic rings. The molecule has 1 fully saturated rings. The van der Waals surface area contributed by atoms with E-state index in [9.17, 15) is 0 Å². The predicted molar refractivity (Wildman–Crippen MR) is 93.8 cm³/mol. The number of rotatable bonds is 2. The maximum absolute atomic E-state index is 6.01. The number of likely N-dealkylation sites (N-methyl/N-ethyl adjacent to an activating group) is 1. The zero-order valence-corrected chi connectivity index (χ0v) is 14.6. The van der Waals surface area contributed by atoms with E-state index >= 15 is 0 Å². The van der Waals surface area contributed by atoms with Gasteiger partial charge in [-0.3, -0.25) is 0 Å². The highest BCUT2D eigenvalue weighted by Gasteiger charge is 2.32. The van der Waals surface area contributed by atoms with E-state index in [1.54, 1.807) is 0 Å². The zero-order chi connectivity index (χ0) is 14.3. The molecule has 0 aromatic carbocycles. The summed E-state index contributed by atoms with van der Waals surface area (Å²) in [6.07, 6.45) is 1.17. The van der Waals surface area contributed by atoms with E-state index in [0.717, 1.165) is 31.1 Å². The van der Waals surface area contributed by atoms with Crippen molar-refractivity contribution < 1.29 is 4.74 Å². The van der Waals surface area contributed by atoms with E-state index in [-0.39, 0.29) is 42.9 Å². The minimum atomic E-state index is 0. The normalized spacial score (nSPS) is 26.1. The summed E-state index contributed by atoms with van der Waals surface area (Å²) in [7, 11) is 1.99. The fourth-order valence-electron chi connectivity index (χ4n) is 2.69. The summed E-state index contributed by atoms with van der Waals surface area (Å²) < 4.78 is 6.01. The monoisotopic (exact) mass is 350 g/mol. The highest BCUT2D eigenvalue weighted by atomic mass is 35.5. The van der Waals surface area contributed by atoms with Crippen LogP contribution in [0, 0.1) is 0 Å². The van der Waals surface area contributed by atoms with Crippen LogP contribution >= 0.6 is 24.8 Å². The Labute approximate surface area is 143 Å².